The average molecular weight is 371 g/mol. The third-order valence-electron chi connectivity index (χ3n) is 6.04. The number of anilines is 2. The predicted octanol–water partition coefficient (Wildman–Crippen LogP) is 2.68. The molecule has 2 fully saturated rings. The molecule has 3 heterocycles. The number of nitrogens with two attached hydrogens (primary N) is 1. The van der Waals surface area contributed by atoms with E-state index in [4.69, 9.17) is 20.2 Å². The zero-order chi connectivity index (χ0) is 19.0. The van der Waals surface area contributed by atoms with Crippen molar-refractivity contribution in [2.24, 2.45) is 0 Å². The van der Waals surface area contributed by atoms with Gasteiger partial charge in [0.1, 0.15) is 5.82 Å². The second-order valence-corrected chi connectivity index (χ2v) is 7.58. The summed E-state index contributed by atoms with van der Waals surface area (Å²) in [5.41, 5.74) is 7.02. The number of methoxy groups -OCH3 is 2. The van der Waals surface area contributed by atoms with Crippen LogP contribution < -0.4 is 20.1 Å². The quantitative estimate of drug-likeness (QED) is 0.885. The zero-order valence-electron chi connectivity index (χ0n) is 16.4. The van der Waals surface area contributed by atoms with Crippen molar-refractivity contribution in [1.82, 2.24) is 14.9 Å². The number of nitrogen functional groups attached to an aromatic ring is 1. The van der Waals surface area contributed by atoms with E-state index in [1.54, 1.807) is 14.2 Å². The van der Waals surface area contributed by atoms with Gasteiger partial charge < -0.3 is 20.1 Å². The number of likely N-dealkylation sites (tertiary alicyclic amines) is 1. The molecule has 7 nitrogen and oxygen atoms in total. The molecule has 0 saturated carbocycles. The van der Waals surface area contributed by atoms with Crippen LogP contribution in [0.2, 0.25) is 0 Å². The number of hydrogen-bond donors (Lipinski definition) is 1. The predicted molar refractivity (Wildman–Crippen MR) is 108 cm³/mol. The van der Waals surface area contributed by atoms with Crippen LogP contribution in [0.1, 0.15) is 32.6 Å². The number of ether oxygens (including phenoxy) is 2. The van der Waals surface area contributed by atoms with E-state index in [2.05, 4.69) is 21.7 Å². The van der Waals surface area contributed by atoms with E-state index >= 15 is 0 Å². The molecule has 2 aromatic rings. The molecule has 4 rings (SSSR count). The fraction of sp³-hybridized carbons (Fsp3) is 0.600. The standard InChI is InChI=1S/C20H29N5O2/c1-13-5-4-8-25(13)14-6-9-24(10-7-14)20-22-16-12-18(27-3)17(26-2)11-15(16)19(21)23-20/h11-14H,4-10H2,1-3H3,(H2,21,22,23). The maximum atomic E-state index is 6.24. The summed E-state index contributed by atoms with van der Waals surface area (Å²) < 4.78 is 10.8. The molecule has 0 bridgehead atoms. The van der Waals surface area contributed by atoms with E-state index in [1.165, 1.54) is 19.4 Å². The zero-order valence-corrected chi connectivity index (χ0v) is 16.4. The normalized spacial score (nSPS) is 21.7. The lowest BCUT2D eigenvalue weighted by atomic mass is 10.0. The van der Waals surface area contributed by atoms with Crippen LogP contribution in [0.15, 0.2) is 12.1 Å². The molecule has 0 spiro atoms. The van der Waals surface area contributed by atoms with Crippen LogP contribution >= 0.6 is 0 Å². The van der Waals surface area contributed by atoms with Gasteiger partial charge in [-0.1, -0.05) is 0 Å². The molecule has 1 atom stereocenters. The highest BCUT2D eigenvalue weighted by atomic mass is 16.5. The van der Waals surface area contributed by atoms with Crippen molar-refractivity contribution in [2.75, 3.05) is 44.5 Å². The maximum Gasteiger partial charge on any atom is 0.227 e. The molecule has 2 aliphatic heterocycles. The highest BCUT2D eigenvalue weighted by Gasteiger charge is 2.31. The number of benzene rings is 1. The van der Waals surface area contributed by atoms with E-state index in [0.717, 1.165) is 42.9 Å². The van der Waals surface area contributed by atoms with E-state index < -0.39 is 0 Å². The molecule has 2 aliphatic rings. The summed E-state index contributed by atoms with van der Waals surface area (Å²) in [5, 5.41) is 0.789. The molecule has 2 N–H and O–H groups in total. The van der Waals surface area contributed by atoms with Gasteiger partial charge in [-0.2, -0.15) is 4.98 Å². The van der Waals surface area contributed by atoms with Gasteiger partial charge in [0.15, 0.2) is 11.5 Å². The third-order valence-corrected chi connectivity index (χ3v) is 6.04. The number of piperidine rings is 1. The first-order chi connectivity index (χ1) is 13.1. The molecule has 27 heavy (non-hydrogen) atoms. The SMILES string of the molecule is COc1cc2nc(N3CCC(N4CCCC4C)CC3)nc(N)c2cc1OC. The second kappa shape index (κ2) is 7.38. The third kappa shape index (κ3) is 3.36. The molecule has 0 amide bonds. The van der Waals surface area contributed by atoms with Crippen molar-refractivity contribution in [3.63, 3.8) is 0 Å². The summed E-state index contributed by atoms with van der Waals surface area (Å²) in [4.78, 5) is 14.3. The Kier molecular flexibility index (Phi) is 4.95. The van der Waals surface area contributed by atoms with Crippen LogP contribution in [0.4, 0.5) is 11.8 Å². The van der Waals surface area contributed by atoms with Crippen LogP contribution in [0.5, 0.6) is 11.5 Å². The van der Waals surface area contributed by atoms with Gasteiger partial charge in [0, 0.05) is 36.6 Å². The monoisotopic (exact) mass is 371 g/mol. The summed E-state index contributed by atoms with van der Waals surface area (Å²) >= 11 is 0. The number of hydrogen-bond acceptors (Lipinski definition) is 7. The van der Waals surface area contributed by atoms with E-state index in [1.807, 2.05) is 12.1 Å². The first kappa shape index (κ1) is 18.1. The van der Waals surface area contributed by atoms with E-state index in [0.29, 0.717) is 29.3 Å². The molecule has 2 saturated heterocycles. The fourth-order valence-electron chi connectivity index (χ4n) is 4.50. The molecule has 146 valence electrons. The minimum absolute atomic E-state index is 0.478. The molecule has 0 radical (unpaired) electrons. The molecule has 1 unspecified atom stereocenters. The average Bonchev–Trinajstić information content (AvgIpc) is 3.13. The maximum absolute atomic E-state index is 6.24. The van der Waals surface area contributed by atoms with Crippen LogP contribution in [-0.4, -0.2) is 60.8 Å². The summed E-state index contributed by atoms with van der Waals surface area (Å²) in [7, 11) is 3.24. The highest BCUT2D eigenvalue weighted by molar-refractivity contribution is 5.91. The Bertz CT molecular complexity index is 820. The molecule has 0 aliphatic carbocycles. The Morgan fingerprint density at radius 2 is 1.70 bits per heavy atom. The summed E-state index contributed by atoms with van der Waals surface area (Å²) in [5.74, 6) is 2.47. The van der Waals surface area contributed by atoms with Crippen LogP contribution in [0.3, 0.4) is 0 Å². The Morgan fingerprint density at radius 3 is 2.33 bits per heavy atom. The lowest BCUT2D eigenvalue weighted by Gasteiger charge is -2.38. The van der Waals surface area contributed by atoms with E-state index in [9.17, 15) is 0 Å². The van der Waals surface area contributed by atoms with Crippen molar-refractivity contribution in [2.45, 2.75) is 44.7 Å². The second-order valence-electron chi connectivity index (χ2n) is 7.58. The van der Waals surface area contributed by atoms with Crippen molar-refractivity contribution in [3.05, 3.63) is 12.1 Å². The smallest absolute Gasteiger partial charge is 0.227 e. The highest BCUT2D eigenvalue weighted by Crippen LogP contribution is 2.34. The first-order valence-electron chi connectivity index (χ1n) is 9.80. The molecular formula is C20H29N5O2. The summed E-state index contributed by atoms with van der Waals surface area (Å²) in [6, 6.07) is 5.11. The molecule has 7 heteroatoms. The van der Waals surface area contributed by atoms with Crippen LogP contribution in [0.25, 0.3) is 10.9 Å². The van der Waals surface area contributed by atoms with Crippen LogP contribution in [0, 0.1) is 0 Å². The van der Waals surface area contributed by atoms with Crippen molar-refractivity contribution < 1.29 is 9.47 Å². The van der Waals surface area contributed by atoms with Crippen LogP contribution in [-0.2, 0) is 0 Å². The van der Waals surface area contributed by atoms with Gasteiger partial charge in [0.05, 0.1) is 19.7 Å². The largest absolute Gasteiger partial charge is 0.493 e. The van der Waals surface area contributed by atoms with Gasteiger partial charge in [0.25, 0.3) is 0 Å². The van der Waals surface area contributed by atoms with Gasteiger partial charge >= 0.3 is 0 Å². The number of fused-ring (bicyclic) bond motifs is 1. The van der Waals surface area contributed by atoms with E-state index in [-0.39, 0.29) is 0 Å². The van der Waals surface area contributed by atoms with Gasteiger partial charge in [0.2, 0.25) is 5.95 Å². The number of nitrogens with zero attached hydrogens (tertiary/aromatic N) is 4. The topological polar surface area (TPSA) is 76.7 Å². The van der Waals surface area contributed by atoms with Crippen molar-refractivity contribution in [3.8, 4) is 11.5 Å². The Hall–Kier alpha value is -2.28. The lowest BCUT2D eigenvalue weighted by molar-refractivity contribution is 0.163. The molecular weight excluding hydrogens is 342 g/mol. The molecule has 1 aromatic heterocycles. The van der Waals surface area contributed by atoms with Crippen molar-refractivity contribution in [1.29, 1.82) is 0 Å². The summed E-state index contributed by atoms with van der Waals surface area (Å²) in [6.45, 7) is 5.53. The Labute approximate surface area is 160 Å². The van der Waals surface area contributed by atoms with Gasteiger partial charge in [-0.25, -0.2) is 4.98 Å². The Morgan fingerprint density at radius 1 is 1.00 bits per heavy atom. The fourth-order valence-corrected chi connectivity index (χ4v) is 4.50. The number of rotatable bonds is 4. The van der Waals surface area contributed by atoms with Gasteiger partial charge in [-0.15, -0.1) is 0 Å². The minimum Gasteiger partial charge on any atom is -0.493 e. The van der Waals surface area contributed by atoms with Gasteiger partial charge in [-0.05, 0) is 45.2 Å². The number of aromatic nitrogens is 2. The van der Waals surface area contributed by atoms with Gasteiger partial charge in [-0.3, -0.25) is 4.90 Å². The minimum atomic E-state index is 0.478. The van der Waals surface area contributed by atoms with Crippen molar-refractivity contribution >= 4 is 22.7 Å². The lowest BCUT2D eigenvalue weighted by Crippen LogP contribution is -2.46. The molecule has 1 aromatic carbocycles. The first-order valence-corrected chi connectivity index (χ1v) is 9.80. The Balaban J connectivity index is 1.55. The summed E-state index contributed by atoms with van der Waals surface area (Å²) in [6.07, 6.45) is 4.96.